The number of pyridine rings is 1. The molecule has 3 aromatic heterocycles. The number of aromatic nitrogens is 4. The first kappa shape index (κ1) is 17.3. The molecular formula is C20H22N6O. The lowest BCUT2D eigenvalue weighted by Gasteiger charge is -2.12. The van der Waals surface area contributed by atoms with E-state index in [0.29, 0.717) is 12.2 Å². The summed E-state index contributed by atoms with van der Waals surface area (Å²) in [6.07, 6.45) is 9.94. The molecule has 0 saturated heterocycles. The summed E-state index contributed by atoms with van der Waals surface area (Å²) >= 11 is 0. The number of carbonyl (C=O) groups excluding carboxylic acids is 1. The second-order valence-corrected chi connectivity index (χ2v) is 7.04. The fourth-order valence-corrected chi connectivity index (χ4v) is 3.32. The number of fused-ring (bicyclic) bond motifs is 1. The van der Waals surface area contributed by atoms with E-state index in [2.05, 4.69) is 28.4 Å². The molecule has 1 N–H and O–H groups in total. The van der Waals surface area contributed by atoms with E-state index in [0.717, 1.165) is 42.6 Å². The summed E-state index contributed by atoms with van der Waals surface area (Å²) in [5, 5.41) is 16.5. The van der Waals surface area contributed by atoms with Gasteiger partial charge in [0.05, 0.1) is 36.6 Å². The van der Waals surface area contributed by atoms with Gasteiger partial charge >= 0.3 is 0 Å². The van der Waals surface area contributed by atoms with Crippen molar-refractivity contribution in [1.29, 1.82) is 5.26 Å². The number of nitriles is 1. The molecule has 1 atom stereocenters. The summed E-state index contributed by atoms with van der Waals surface area (Å²) in [7, 11) is 0. The van der Waals surface area contributed by atoms with Crippen LogP contribution >= 0.6 is 0 Å². The van der Waals surface area contributed by atoms with Crippen molar-refractivity contribution in [1.82, 2.24) is 19.2 Å². The van der Waals surface area contributed by atoms with Gasteiger partial charge in [-0.15, -0.1) is 0 Å². The standard InChI is InChI=1S/C20H22N6O/c1-2-4-16(9-10-21)26-12-15(11-22-26)17-5-3-6-19-23-18(13-25(17)19)24-20(27)14-7-8-14/h3,5-6,11-14,16H,2,4,7-9H2,1H3,(H,24,27). The quantitative estimate of drug-likeness (QED) is 0.692. The van der Waals surface area contributed by atoms with Crippen molar-refractivity contribution in [3.05, 3.63) is 36.8 Å². The van der Waals surface area contributed by atoms with Crippen LogP contribution in [0.3, 0.4) is 0 Å². The third-order valence-corrected chi connectivity index (χ3v) is 4.91. The Labute approximate surface area is 157 Å². The predicted molar refractivity (Wildman–Crippen MR) is 102 cm³/mol. The van der Waals surface area contributed by atoms with E-state index in [1.54, 1.807) is 0 Å². The van der Waals surface area contributed by atoms with Gasteiger partial charge in [0, 0.05) is 17.7 Å². The van der Waals surface area contributed by atoms with Gasteiger partial charge in [-0.2, -0.15) is 10.4 Å². The van der Waals surface area contributed by atoms with Crippen LogP contribution < -0.4 is 5.32 Å². The largest absolute Gasteiger partial charge is 0.309 e. The lowest BCUT2D eigenvalue weighted by Crippen LogP contribution is -2.13. The summed E-state index contributed by atoms with van der Waals surface area (Å²) in [6.45, 7) is 2.11. The van der Waals surface area contributed by atoms with E-state index in [1.165, 1.54) is 0 Å². The van der Waals surface area contributed by atoms with E-state index >= 15 is 0 Å². The number of imidazole rings is 1. The van der Waals surface area contributed by atoms with Crippen molar-refractivity contribution < 1.29 is 4.79 Å². The lowest BCUT2D eigenvalue weighted by atomic mass is 10.1. The Kier molecular flexibility index (Phi) is 4.63. The molecule has 1 amide bonds. The topological polar surface area (TPSA) is 88.0 Å². The molecule has 138 valence electrons. The highest BCUT2D eigenvalue weighted by atomic mass is 16.2. The average Bonchev–Trinajstić information content (AvgIpc) is 3.26. The van der Waals surface area contributed by atoms with Crippen LogP contribution in [0, 0.1) is 17.2 Å². The normalized spacial score (nSPS) is 14.8. The summed E-state index contributed by atoms with van der Waals surface area (Å²) < 4.78 is 3.84. The molecule has 3 heterocycles. The van der Waals surface area contributed by atoms with Crippen molar-refractivity contribution in [3.63, 3.8) is 0 Å². The molecule has 7 nitrogen and oxygen atoms in total. The van der Waals surface area contributed by atoms with Crippen molar-refractivity contribution in [2.24, 2.45) is 5.92 Å². The molecule has 1 fully saturated rings. The maximum atomic E-state index is 12.0. The number of carbonyl (C=O) groups is 1. The zero-order valence-electron chi connectivity index (χ0n) is 15.3. The minimum absolute atomic E-state index is 0.0479. The SMILES string of the molecule is CCCC(CC#N)n1cc(-c2cccc3nc(NC(=O)C4CC4)cn23)cn1. The maximum absolute atomic E-state index is 12.0. The Balaban J connectivity index is 1.64. The number of nitrogens with one attached hydrogen (secondary N) is 1. The fraction of sp³-hybridized carbons (Fsp3) is 0.400. The molecular weight excluding hydrogens is 340 g/mol. The molecule has 1 aliphatic rings. The van der Waals surface area contributed by atoms with Gasteiger partial charge in [-0.25, -0.2) is 4.98 Å². The van der Waals surface area contributed by atoms with E-state index in [1.807, 2.05) is 45.9 Å². The smallest absolute Gasteiger partial charge is 0.228 e. The van der Waals surface area contributed by atoms with Crippen LogP contribution in [-0.4, -0.2) is 25.1 Å². The van der Waals surface area contributed by atoms with E-state index in [4.69, 9.17) is 5.26 Å². The van der Waals surface area contributed by atoms with Crippen molar-refractivity contribution in [2.75, 3.05) is 5.32 Å². The molecule has 1 unspecified atom stereocenters. The second-order valence-electron chi connectivity index (χ2n) is 7.04. The third kappa shape index (κ3) is 3.56. The minimum atomic E-state index is 0.0479. The van der Waals surface area contributed by atoms with Crippen LogP contribution in [0.15, 0.2) is 36.8 Å². The Morgan fingerprint density at radius 3 is 3.00 bits per heavy atom. The zero-order valence-corrected chi connectivity index (χ0v) is 15.3. The molecule has 0 radical (unpaired) electrons. The van der Waals surface area contributed by atoms with Gasteiger partial charge in [0.25, 0.3) is 0 Å². The molecule has 0 bridgehead atoms. The summed E-state index contributed by atoms with van der Waals surface area (Å²) in [6, 6.07) is 8.20. The molecule has 1 saturated carbocycles. The number of hydrogen-bond donors (Lipinski definition) is 1. The molecule has 0 spiro atoms. The minimum Gasteiger partial charge on any atom is -0.309 e. The molecule has 0 aromatic carbocycles. The van der Waals surface area contributed by atoms with Crippen molar-refractivity contribution in [2.45, 2.75) is 45.1 Å². The van der Waals surface area contributed by atoms with Gasteiger partial charge < -0.3 is 5.32 Å². The summed E-state index contributed by atoms with van der Waals surface area (Å²) in [4.78, 5) is 16.5. The van der Waals surface area contributed by atoms with E-state index < -0.39 is 0 Å². The number of amides is 1. The number of rotatable bonds is 7. The maximum Gasteiger partial charge on any atom is 0.228 e. The molecule has 4 rings (SSSR count). The number of hydrogen-bond acceptors (Lipinski definition) is 4. The summed E-state index contributed by atoms with van der Waals surface area (Å²) in [5.41, 5.74) is 2.68. The van der Waals surface area contributed by atoms with Crippen molar-refractivity contribution in [3.8, 4) is 17.3 Å². The highest BCUT2D eigenvalue weighted by Crippen LogP contribution is 2.30. The van der Waals surface area contributed by atoms with Gasteiger partial charge in [-0.05, 0) is 31.4 Å². The lowest BCUT2D eigenvalue weighted by molar-refractivity contribution is -0.117. The highest BCUT2D eigenvalue weighted by Gasteiger charge is 2.30. The zero-order chi connectivity index (χ0) is 18.8. The molecule has 27 heavy (non-hydrogen) atoms. The van der Waals surface area contributed by atoms with Crippen LogP contribution in [0.25, 0.3) is 16.9 Å². The number of anilines is 1. The molecule has 7 heteroatoms. The van der Waals surface area contributed by atoms with E-state index in [-0.39, 0.29) is 17.9 Å². The van der Waals surface area contributed by atoms with Gasteiger partial charge in [0.15, 0.2) is 5.82 Å². The highest BCUT2D eigenvalue weighted by molar-refractivity contribution is 5.93. The molecule has 1 aliphatic carbocycles. The van der Waals surface area contributed by atoms with Crippen LogP contribution in [0.4, 0.5) is 5.82 Å². The predicted octanol–water partition coefficient (Wildman–Crippen LogP) is 3.80. The van der Waals surface area contributed by atoms with Gasteiger partial charge in [0.1, 0.15) is 5.65 Å². The fourth-order valence-electron chi connectivity index (χ4n) is 3.32. The first-order valence-corrected chi connectivity index (χ1v) is 9.40. The van der Waals surface area contributed by atoms with Gasteiger partial charge in [-0.1, -0.05) is 19.4 Å². The number of nitrogens with zero attached hydrogens (tertiary/aromatic N) is 5. The van der Waals surface area contributed by atoms with Crippen LogP contribution in [-0.2, 0) is 4.79 Å². The van der Waals surface area contributed by atoms with Crippen LogP contribution in [0.1, 0.15) is 45.1 Å². The first-order chi connectivity index (χ1) is 13.2. The monoisotopic (exact) mass is 362 g/mol. The van der Waals surface area contributed by atoms with Gasteiger partial charge in [0.2, 0.25) is 5.91 Å². The average molecular weight is 362 g/mol. The second kappa shape index (κ2) is 7.23. The Morgan fingerprint density at radius 1 is 1.41 bits per heavy atom. The Morgan fingerprint density at radius 2 is 2.26 bits per heavy atom. The van der Waals surface area contributed by atoms with Crippen LogP contribution in [0.5, 0.6) is 0 Å². The van der Waals surface area contributed by atoms with Gasteiger partial charge in [-0.3, -0.25) is 13.9 Å². The summed E-state index contributed by atoms with van der Waals surface area (Å²) in [5.74, 6) is 0.759. The first-order valence-electron chi connectivity index (χ1n) is 9.40. The van der Waals surface area contributed by atoms with Crippen molar-refractivity contribution >= 4 is 17.4 Å². The Bertz CT molecular complexity index is 1010. The Hall–Kier alpha value is -3.14. The third-order valence-electron chi connectivity index (χ3n) is 4.91. The molecule has 0 aliphatic heterocycles. The molecule has 3 aromatic rings. The van der Waals surface area contributed by atoms with Crippen LogP contribution in [0.2, 0.25) is 0 Å². The van der Waals surface area contributed by atoms with E-state index in [9.17, 15) is 4.79 Å².